The second-order valence-corrected chi connectivity index (χ2v) is 6.37. The predicted octanol–water partition coefficient (Wildman–Crippen LogP) is 4.10. The average molecular weight is 400 g/mol. The molecule has 0 aromatic heterocycles. The van der Waals surface area contributed by atoms with Gasteiger partial charge in [0.05, 0.1) is 13.2 Å². The highest BCUT2D eigenvalue weighted by molar-refractivity contribution is 6.05. The van der Waals surface area contributed by atoms with Crippen LogP contribution in [0.25, 0.3) is 0 Å². The van der Waals surface area contributed by atoms with Crippen molar-refractivity contribution < 1.29 is 23.8 Å². The molecule has 0 saturated carbocycles. The lowest BCUT2D eigenvalue weighted by atomic mass is 10.1. The molecule has 0 heterocycles. The summed E-state index contributed by atoms with van der Waals surface area (Å²) in [4.78, 5) is 24.3. The van der Waals surface area contributed by atoms with E-state index in [1.54, 1.807) is 42.5 Å². The van der Waals surface area contributed by atoms with Crippen molar-refractivity contribution in [2.75, 3.05) is 37.6 Å². The lowest BCUT2D eigenvalue weighted by Crippen LogP contribution is -2.17. The molecule has 0 radical (unpaired) electrons. The molecule has 2 aromatic rings. The van der Waals surface area contributed by atoms with Crippen LogP contribution in [0.3, 0.4) is 0 Å². The van der Waals surface area contributed by atoms with Crippen molar-refractivity contribution in [1.29, 1.82) is 0 Å². The fourth-order valence-electron chi connectivity index (χ4n) is 2.51. The minimum absolute atomic E-state index is 0.0381. The summed E-state index contributed by atoms with van der Waals surface area (Å²) in [5.41, 5.74) is 1.58. The van der Waals surface area contributed by atoms with Gasteiger partial charge in [-0.05, 0) is 49.2 Å². The number of carbonyl (C=O) groups is 2. The van der Waals surface area contributed by atoms with E-state index in [4.69, 9.17) is 14.2 Å². The van der Waals surface area contributed by atoms with Crippen molar-refractivity contribution in [1.82, 2.24) is 0 Å². The number of rotatable bonds is 11. The van der Waals surface area contributed by atoms with Crippen LogP contribution in [0.5, 0.6) is 11.5 Å². The molecule has 0 spiro atoms. The standard InChI is InChI=1S/C22H28N2O5/c1-4-11-28-19-10-9-16(13-20(19)29-12-5-2)22(26)24-18-8-6-7-17(14-18)23-21(25)15-27-3/h6-10,13-14H,4-5,11-12,15H2,1-3H3,(H,23,25)(H,24,26). The molecule has 0 bridgehead atoms. The van der Waals surface area contributed by atoms with Gasteiger partial charge in [-0.15, -0.1) is 0 Å². The van der Waals surface area contributed by atoms with E-state index < -0.39 is 0 Å². The van der Waals surface area contributed by atoms with Gasteiger partial charge in [-0.2, -0.15) is 0 Å². The van der Waals surface area contributed by atoms with Crippen LogP contribution >= 0.6 is 0 Å². The number of methoxy groups -OCH3 is 1. The second kappa shape index (κ2) is 11.7. The topological polar surface area (TPSA) is 85.9 Å². The van der Waals surface area contributed by atoms with E-state index in [2.05, 4.69) is 10.6 Å². The van der Waals surface area contributed by atoms with Crippen molar-refractivity contribution in [2.24, 2.45) is 0 Å². The molecule has 2 rings (SSSR count). The lowest BCUT2D eigenvalue weighted by molar-refractivity contribution is -0.119. The first-order valence-corrected chi connectivity index (χ1v) is 9.67. The number of hydrogen-bond donors (Lipinski definition) is 2. The zero-order valence-corrected chi connectivity index (χ0v) is 17.1. The van der Waals surface area contributed by atoms with Crippen LogP contribution in [0.15, 0.2) is 42.5 Å². The Balaban J connectivity index is 2.12. The maximum atomic E-state index is 12.7. The smallest absolute Gasteiger partial charge is 0.255 e. The van der Waals surface area contributed by atoms with Crippen LogP contribution in [0.4, 0.5) is 11.4 Å². The zero-order chi connectivity index (χ0) is 21.1. The molecule has 0 aliphatic heterocycles. The Morgan fingerprint density at radius 2 is 1.52 bits per heavy atom. The quantitative estimate of drug-likeness (QED) is 0.593. The van der Waals surface area contributed by atoms with Gasteiger partial charge in [0.2, 0.25) is 5.91 Å². The molecule has 2 amide bonds. The largest absolute Gasteiger partial charge is 0.490 e. The molecule has 2 N–H and O–H groups in total. The number of carbonyl (C=O) groups excluding carboxylic acids is 2. The van der Waals surface area contributed by atoms with E-state index in [9.17, 15) is 9.59 Å². The van der Waals surface area contributed by atoms with E-state index in [0.717, 1.165) is 12.8 Å². The average Bonchev–Trinajstić information content (AvgIpc) is 2.71. The molecule has 29 heavy (non-hydrogen) atoms. The monoisotopic (exact) mass is 400 g/mol. The summed E-state index contributed by atoms with van der Waals surface area (Å²) >= 11 is 0. The molecule has 0 aliphatic rings. The Kier molecular flexibility index (Phi) is 8.98. The first kappa shape index (κ1) is 22.2. The Morgan fingerprint density at radius 1 is 0.862 bits per heavy atom. The summed E-state index contributed by atoms with van der Waals surface area (Å²) in [6.07, 6.45) is 1.73. The van der Waals surface area contributed by atoms with Gasteiger partial charge in [-0.3, -0.25) is 9.59 Å². The van der Waals surface area contributed by atoms with E-state index in [0.29, 0.717) is 41.7 Å². The van der Waals surface area contributed by atoms with Gasteiger partial charge >= 0.3 is 0 Å². The fraction of sp³-hybridized carbons (Fsp3) is 0.364. The van der Waals surface area contributed by atoms with E-state index in [-0.39, 0.29) is 18.4 Å². The molecule has 0 unspecified atom stereocenters. The van der Waals surface area contributed by atoms with Crippen LogP contribution in [-0.4, -0.2) is 38.7 Å². The maximum absolute atomic E-state index is 12.7. The van der Waals surface area contributed by atoms with Crippen LogP contribution in [0.1, 0.15) is 37.0 Å². The van der Waals surface area contributed by atoms with Gasteiger partial charge in [0, 0.05) is 24.0 Å². The number of ether oxygens (including phenoxy) is 3. The van der Waals surface area contributed by atoms with Crippen LogP contribution in [-0.2, 0) is 9.53 Å². The minimum Gasteiger partial charge on any atom is -0.490 e. The third kappa shape index (κ3) is 7.12. The molecule has 2 aromatic carbocycles. The van der Waals surface area contributed by atoms with Gasteiger partial charge in [-0.25, -0.2) is 0 Å². The molecule has 7 heteroatoms. The Hall–Kier alpha value is -3.06. The Morgan fingerprint density at radius 3 is 2.17 bits per heavy atom. The van der Waals surface area contributed by atoms with Crippen molar-refractivity contribution >= 4 is 23.2 Å². The van der Waals surface area contributed by atoms with Crippen LogP contribution in [0.2, 0.25) is 0 Å². The summed E-state index contributed by atoms with van der Waals surface area (Å²) in [5, 5.41) is 5.54. The lowest BCUT2D eigenvalue weighted by Gasteiger charge is -2.14. The molecular formula is C22H28N2O5. The molecule has 0 fully saturated rings. The predicted molar refractivity (Wildman–Crippen MR) is 113 cm³/mol. The normalized spacial score (nSPS) is 10.3. The summed E-state index contributed by atoms with van der Waals surface area (Å²) < 4.78 is 16.2. The van der Waals surface area contributed by atoms with E-state index in [1.807, 2.05) is 13.8 Å². The van der Waals surface area contributed by atoms with Crippen molar-refractivity contribution in [3.63, 3.8) is 0 Å². The number of amides is 2. The summed E-state index contributed by atoms with van der Waals surface area (Å²) in [5.74, 6) is 0.623. The van der Waals surface area contributed by atoms with E-state index in [1.165, 1.54) is 7.11 Å². The van der Waals surface area contributed by atoms with Gasteiger partial charge < -0.3 is 24.8 Å². The van der Waals surface area contributed by atoms with Gasteiger partial charge in [0.15, 0.2) is 11.5 Å². The van der Waals surface area contributed by atoms with Crippen molar-refractivity contribution in [3.05, 3.63) is 48.0 Å². The number of hydrogen-bond acceptors (Lipinski definition) is 5. The number of anilines is 2. The molecule has 0 saturated heterocycles. The van der Waals surface area contributed by atoms with Crippen molar-refractivity contribution in [3.8, 4) is 11.5 Å². The van der Waals surface area contributed by atoms with Crippen LogP contribution in [0, 0.1) is 0 Å². The summed E-state index contributed by atoms with van der Waals surface area (Å²) in [6.45, 7) is 5.12. The number of benzene rings is 2. The second-order valence-electron chi connectivity index (χ2n) is 6.37. The Labute approximate surface area is 171 Å². The SMILES string of the molecule is CCCOc1ccc(C(=O)Nc2cccc(NC(=O)COC)c2)cc1OCCC. The molecule has 0 atom stereocenters. The maximum Gasteiger partial charge on any atom is 0.255 e. The van der Waals surface area contributed by atoms with Gasteiger partial charge in [0.1, 0.15) is 6.61 Å². The molecular weight excluding hydrogens is 372 g/mol. The fourth-order valence-corrected chi connectivity index (χ4v) is 2.51. The highest BCUT2D eigenvalue weighted by Crippen LogP contribution is 2.29. The molecule has 0 aliphatic carbocycles. The summed E-state index contributed by atoms with van der Waals surface area (Å²) in [7, 11) is 1.45. The number of nitrogens with one attached hydrogen (secondary N) is 2. The molecule has 7 nitrogen and oxygen atoms in total. The van der Waals surface area contributed by atoms with Crippen LogP contribution < -0.4 is 20.1 Å². The highest BCUT2D eigenvalue weighted by atomic mass is 16.5. The first-order chi connectivity index (χ1) is 14.1. The van der Waals surface area contributed by atoms with Gasteiger partial charge in [-0.1, -0.05) is 19.9 Å². The van der Waals surface area contributed by atoms with Crippen molar-refractivity contribution in [2.45, 2.75) is 26.7 Å². The van der Waals surface area contributed by atoms with E-state index >= 15 is 0 Å². The highest BCUT2D eigenvalue weighted by Gasteiger charge is 2.13. The minimum atomic E-state index is -0.284. The van der Waals surface area contributed by atoms with Gasteiger partial charge in [0.25, 0.3) is 5.91 Å². The Bertz CT molecular complexity index is 823. The third-order valence-electron chi connectivity index (χ3n) is 3.81. The third-order valence-corrected chi connectivity index (χ3v) is 3.81. The first-order valence-electron chi connectivity index (χ1n) is 9.67. The zero-order valence-electron chi connectivity index (χ0n) is 17.1. The molecule has 156 valence electrons. The summed E-state index contributed by atoms with van der Waals surface area (Å²) in [6, 6.07) is 12.0.